The Hall–Kier alpha value is -2.34. The predicted octanol–water partition coefficient (Wildman–Crippen LogP) is 2.62. The van der Waals surface area contributed by atoms with Gasteiger partial charge in [-0.1, -0.05) is 0 Å². The lowest BCUT2D eigenvalue weighted by Gasteiger charge is -2.31. The van der Waals surface area contributed by atoms with Crippen LogP contribution in [0.5, 0.6) is 0 Å². The zero-order valence-corrected chi connectivity index (χ0v) is 15.1. The third kappa shape index (κ3) is 4.02. The van der Waals surface area contributed by atoms with Gasteiger partial charge in [0.1, 0.15) is 6.10 Å². The number of amides is 1. The Morgan fingerprint density at radius 3 is 2.76 bits per heavy atom. The van der Waals surface area contributed by atoms with E-state index >= 15 is 0 Å². The first kappa shape index (κ1) is 17.5. The Morgan fingerprint density at radius 2 is 2.12 bits per heavy atom. The molecule has 2 aromatic rings. The molecule has 1 fully saturated rings. The van der Waals surface area contributed by atoms with Crippen LogP contribution in [-0.2, 0) is 11.3 Å². The molecule has 134 valence electrons. The molecular weight excluding hydrogens is 316 g/mol. The normalized spacial score (nSPS) is 20.3. The van der Waals surface area contributed by atoms with Gasteiger partial charge < -0.3 is 15.0 Å². The summed E-state index contributed by atoms with van der Waals surface area (Å²) in [7, 11) is 3.96. The van der Waals surface area contributed by atoms with Crippen molar-refractivity contribution in [3.63, 3.8) is 0 Å². The molecule has 0 spiro atoms. The van der Waals surface area contributed by atoms with Crippen LogP contribution in [-0.4, -0.2) is 42.4 Å². The predicted molar refractivity (Wildman–Crippen MR) is 97.9 cm³/mol. The maximum absolute atomic E-state index is 12.6. The van der Waals surface area contributed by atoms with E-state index < -0.39 is 0 Å². The minimum Gasteiger partial charge on any atom is -0.378 e. The maximum Gasteiger partial charge on any atom is 0.251 e. The molecule has 2 atom stereocenters. The number of hydrogen-bond donors (Lipinski definition) is 1. The van der Waals surface area contributed by atoms with Crippen LogP contribution in [0.1, 0.15) is 41.8 Å². The van der Waals surface area contributed by atoms with Gasteiger partial charge in [-0.2, -0.15) is 5.10 Å². The second-order valence-corrected chi connectivity index (χ2v) is 6.58. The van der Waals surface area contributed by atoms with Crippen LogP contribution in [0.3, 0.4) is 0 Å². The number of ether oxygens (including phenoxy) is 1. The van der Waals surface area contributed by atoms with Gasteiger partial charge in [-0.25, -0.2) is 0 Å². The smallest absolute Gasteiger partial charge is 0.251 e. The van der Waals surface area contributed by atoms with Gasteiger partial charge in [-0.05, 0) is 44.0 Å². The van der Waals surface area contributed by atoms with Crippen molar-refractivity contribution in [1.29, 1.82) is 0 Å². The maximum atomic E-state index is 12.6. The third-order valence-electron chi connectivity index (χ3n) is 4.59. The van der Waals surface area contributed by atoms with Crippen LogP contribution in [0.4, 0.5) is 5.69 Å². The molecule has 0 radical (unpaired) electrons. The van der Waals surface area contributed by atoms with Gasteiger partial charge in [0.05, 0.1) is 12.2 Å². The number of rotatable bonds is 5. The van der Waals surface area contributed by atoms with Gasteiger partial charge in [0.15, 0.2) is 0 Å². The first-order valence-corrected chi connectivity index (χ1v) is 8.80. The molecular formula is C19H26N4O2. The highest BCUT2D eigenvalue weighted by atomic mass is 16.5. The topological polar surface area (TPSA) is 59.4 Å². The van der Waals surface area contributed by atoms with Crippen LogP contribution < -0.4 is 10.2 Å². The monoisotopic (exact) mass is 342 g/mol. The second-order valence-electron chi connectivity index (χ2n) is 6.58. The molecule has 3 rings (SSSR count). The fraction of sp³-hybridized carbons (Fsp3) is 0.474. The zero-order chi connectivity index (χ0) is 17.8. The minimum atomic E-state index is -0.140. The zero-order valence-electron chi connectivity index (χ0n) is 15.1. The Kier molecular flexibility index (Phi) is 5.38. The largest absolute Gasteiger partial charge is 0.378 e. The molecule has 0 saturated carbocycles. The van der Waals surface area contributed by atoms with Crippen molar-refractivity contribution in [2.24, 2.45) is 0 Å². The third-order valence-corrected chi connectivity index (χ3v) is 4.59. The molecule has 6 heteroatoms. The average molecular weight is 342 g/mol. The SMILES string of the molecule is CCn1cc([C@H]2OCCC[C@@H]2NC(=O)c2ccc(N(C)C)cc2)cn1. The van der Waals surface area contributed by atoms with Crippen LogP contribution in [0.15, 0.2) is 36.7 Å². The van der Waals surface area contributed by atoms with Gasteiger partial charge in [-0.3, -0.25) is 9.48 Å². The molecule has 1 aliphatic heterocycles. The number of carbonyl (C=O) groups excluding carboxylic acids is 1. The second kappa shape index (κ2) is 7.70. The van der Waals surface area contributed by atoms with Crippen molar-refractivity contribution in [2.45, 2.75) is 38.5 Å². The van der Waals surface area contributed by atoms with E-state index in [1.54, 1.807) is 0 Å². The Morgan fingerprint density at radius 1 is 1.36 bits per heavy atom. The molecule has 0 aliphatic carbocycles. The van der Waals surface area contributed by atoms with E-state index in [1.807, 2.05) is 60.3 Å². The van der Waals surface area contributed by atoms with E-state index in [1.165, 1.54) is 0 Å². The summed E-state index contributed by atoms with van der Waals surface area (Å²) < 4.78 is 7.83. The lowest BCUT2D eigenvalue weighted by Crippen LogP contribution is -2.42. The summed E-state index contributed by atoms with van der Waals surface area (Å²) in [6, 6.07) is 7.59. The highest BCUT2D eigenvalue weighted by molar-refractivity contribution is 5.94. The van der Waals surface area contributed by atoms with E-state index in [2.05, 4.69) is 17.3 Å². The minimum absolute atomic E-state index is 0.0377. The first-order chi connectivity index (χ1) is 12.1. The van der Waals surface area contributed by atoms with Crippen LogP contribution in [0, 0.1) is 0 Å². The summed E-state index contributed by atoms with van der Waals surface area (Å²) in [4.78, 5) is 14.6. The number of anilines is 1. The number of aromatic nitrogens is 2. The molecule has 0 unspecified atom stereocenters. The van der Waals surface area contributed by atoms with E-state index in [-0.39, 0.29) is 18.1 Å². The lowest BCUT2D eigenvalue weighted by molar-refractivity contribution is -0.00950. The van der Waals surface area contributed by atoms with Gasteiger partial charge in [0.2, 0.25) is 0 Å². The van der Waals surface area contributed by atoms with Crippen molar-refractivity contribution >= 4 is 11.6 Å². The number of nitrogens with zero attached hydrogens (tertiary/aromatic N) is 3. The number of hydrogen-bond acceptors (Lipinski definition) is 4. The summed E-state index contributed by atoms with van der Waals surface area (Å²) in [5.74, 6) is -0.0614. The fourth-order valence-electron chi connectivity index (χ4n) is 3.12. The van der Waals surface area contributed by atoms with Crippen molar-refractivity contribution in [1.82, 2.24) is 15.1 Å². The highest BCUT2D eigenvalue weighted by Gasteiger charge is 2.30. The van der Waals surface area contributed by atoms with Crippen molar-refractivity contribution in [2.75, 3.05) is 25.6 Å². The summed E-state index contributed by atoms with van der Waals surface area (Å²) in [5.41, 5.74) is 2.76. The van der Waals surface area contributed by atoms with E-state index in [9.17, 15) is 4.79 Å². The number of nitrogens with one attached hydrogen (secondary N) is 1. The lowest BCUT2D eigenvalue weighted by atomic mass is 9.97. The molecule has 1 amide bonds. The van der Waals surface area contributed by atoms with Gasteiger partial charge in [0, 0.05) is 50.3 Å². The van der Waals surface area contributed by atoms with Gasteiger partial charge >= 0.3 is 0 Å². The van der Waals surface area contributed by atoms with Crippen molar-refractivity contribution in [3.8, 4) is 0 Å². The van der Waals surface area contributed by atoms with E-state index in [4.69, 9.17) is 4.74 Å². The highest BCUT2D eigenvalue weighted by Crippen LogP contribution is 2.28. The molecule has 6 nitrogen and oxygen atoms in total. The van der Waals surface area contributed by atoms with Crippen molar-refractivity contribution in [3.05, 3.63) is 47.8 Å². The Labute approximate surface area is 148 Å². The van der Waals surface area contributed by atoms with E-state index in [0.29, 0.717) is 12.2 Å². The van der Waals surface area contributed by atoms with E-state index in [0.717, 1.165) is 30.6 Å². The summed E-state index contributed by atoms with van der Waals surface area (Å²) in [6.45, 7) is 3.59. The molecule has 1 aromatic carbocycles. The summed E-state index contributed by atoms with van der Waals surface area (Å²) in [5, 5.41) is 7.47. The number of carbonyl (C=O) groups is 1. The molecule has 0 bridgehead atoms. The van der Waals surface area contributed by atoms with Crippen LogP contribution in [0.25, 0.3) is 0 Å². The quantitative estimate of drug-likeness (QED) is 0.907. The van der Waals surface area contributed by atoms with Crippen LogP contribution in [0.2, 0.25) is 0 Å². The molecule has 1 saturated heterocycles. The van der Waals surface area contributed by atoms with Gasteiger partial charge in [0.25, 0.3) is 5.91 Å². The van der Waals surface area contributed by atoms with Crippen molar-refractivity contribution < 1.29 is 9.53 Å². The summed E-state index contributed by atoms with van der Waals surface area (Å²) >= 11 is 0. The molecule has 2 heterocycles. The number of aryl methyl sites for hydroxylation is 1. The molecule has 1 aromatic heterocycles. The fourth-order valence-corrected chi connectivity index (χ4v) is 3.12. The Balaban J connectivity index is 1.71. The van der Waals surface area contributed by atoms with Gasteiger partial charge in [-0.15, -0.1) is 0 Å². The molecule has 25 heavy (non-hydrogen) atoms. The molecule has 1 aliphatic rings. The number of benzene rings is 1. The van der Waals surface area contributed by atoms with Crippen LogP contribution >= 0.6 is 0 Å². The Bertz CT molecular complexity index is 708. The summed E-state index contributed by atoms with van der Waals surface area (Å²) in [6.07, 6.45) is 5.55. The first-order valence-electron chi connectivity index (χ1n) is 8.80. The average Bonchev–Trinajstić information content (AvgIpc) is 3.11. The molecule has 1 N–H and O–H groups in total. The standard InChI is InChI=1S/C19H26N4O2/c1-4-23-13-15(12-20-23)18-17(6-5-11-25-18)21-19(24)14-7-9-16(10-8-14)22(2)3/h7-10,12-13,17-18H,4-6,11H2,1-3H3,(H,21,24)/t17-,18+/m0/s1.